The second-order valence-electron chi connectivity index (χ2n) is 10.1. The molecule has 7 nitrogen and oxygen atoms in total. The summed E-state index contributed by atoms with van der Waals surface area (Å²) in [6.07, 6.45) is 3.14. The van der Waals surface area contributed by atoms with Gasteiger partial charge >= 0.3 is 0 Å². The van der Waals surface area contributed by atoms with E-state index in [2.05, 4.69) is 6.92 Å². The number of amides is 1. The molecule has 1 aromatic heterocycles. The number of carbonyl (C=O) groups excluding carboxylic acids is 1. The zero-order chi connectivity index (χ0) is 28.4. The quantitative estimate of drug-likeness (QED) is 0.199. The number of methoxy groups -OCH3 is 1. The Labute approximate surface area is 234 Å². The van der Waals surface area contributed by atoms with E-state index >= 15 is 0 Å². The van der Waals surface area contributed by atoms with E-state index in [9.17, 15) is 9.59 Å². The number of rotatable bonds is 10. The van der Waals surface area contributed by atoms with E-state index in [0.29, 0.717) is 52.7 Å². The number of fused-ring (bicyclic) bond motifs is 2. The highest BCUT2D eigenvalue weighted by Gasteiger charge is 2.44. The van der Waals surface area contributed by atoms with Gasteiger partial charge in [0.1, 0.15) is 11.3 Å². The molecule has 1 aliphatic rings. The molecule has 0 fully saturated rings. The number of unbranched alkanes of at least 4 members (excludes halogenated alkanes) is 2. The molecule has 1 unspecified atom stereocenters. The summed E-state index contributed by atoms with van der Waals surface area (Å²) in [4.78, 5) is 29.7. The fourth-order valence-corrected chi connectivity index (χ4v) is 5.19. The molecule has 7 heteroatoms. The Morgan fingerprint density at radius 2 is 1.70 bits per heavy atom. The van der Waals surface area contributed by atoms with Gasteiger partial charge < -0.3 is 18.6 Å². The Bertz CT molecular complexity index is 1620. The molecular formula is C33H35NO6. The van der Waals surface area contributed by atoms with Crippen LogP contribution in [0.1, 0.15) is 72.0 Å². The summed E-state index contributed by atoms with van der Waals surface area (Å²) in [5.41, 5.74) is 3.76. The lowest BCUT2D eigenvalue weighted by Gasteiger charge is -2.26. The largest absolute Gasteiger partial charge is 0.497 e. The van der Waals surface area contributed by atoms with E-state index in [1.54, 1.807) is 18.1 Å². The minimum Gasteiger partial charge on any atom is -0.497 e. The normalized spacial score (nSPS) is 14.5. The summed E-state index contributed by atoms with van der Waals surface area (Å²) in [5, 5.41) is 0.452. The number of aryl methyl sites for hydroxylation is 2. The predicted molar refractivity (Wildman–Crippen MR) is 156 cm³/mol. The first-order valence-corrected chi connectivity index (χ1v) is 13.8. The van der Waals surface area contributed by atoms with Crippen molar-refractivity contribution in [2.24, 2.45) is 0 Å². The maximum Gasteiger partial charge on any atom is 0.295 e. The number of ether oxygens (including phenoxy) is 3. The van der Waals surface area contributed by atoms with Crippen molar-refractivity contribution < 1.29 is 23.4 Å². The smallest absolute Gasteiger partial charge is 0.295 e. The SMILES string of the molecule is CCCCCOc1ccc(C2c3c(oc4cc(C)c(C)cc4c3=O)C(=O)N2c2cccc(OC)c2)cc1OCC. The molecule has 0 aliphatic carbocycles. The minimum absolute atomic E-state index is 0.0476. The van der Waals surface area contributed by atoms with E-state index in [1.165, 1.54) is 0 Å². The number of nitrogens with zero attached hydrogens (tertiary/aromatic N) is 1. The Morgan fingerprint density at radius 3 is 2.45 bits per heavy atom. The molecule has 40 heavy (non-hydrogen) atoms. The molecule has 0 bridgehead atoms. The fourth-order valence-electron chi connectivity index (χ4n) is 5.19. The number of hydrogen-bond donors (Lipinski definition) is 0. The van der Waals surface area contributed by atoms with Crippen LogP contribution in [-0.4, -0.2) is 26.2 Å². The van der Waals surface area contributed by atoms with Crippen LogP contribution >= 0.6 is 0 Å². The van der Waals surface area contributed by atoms with Crippen LogP contribution < -0.4 is 24.5 Å². The fraction of sp³-hybridized carbons (Fsp3) is 0.333. The second-order valence-corrected chi connectivity index (χ2v) is 10.1. The monoisotopic (exact) mass is 541 g/mol. The molecule has 1 aliphatic heterocycles. The van der Waals surface area contributed by atoms with Crippen LogP contribution in [0.5, 0.6) is 17.2 Å². The van der Waals surface area contributed by atoms with Crippen LogP contribution in [0, 0.1) is 13.8 Å². The number of carbonyl (C=O) groups is 1. The van der Waals surface area contributed by atoms with Crippen LogP contribution in [0.15, 0.2) is 63.8 Å². The standard InChI is InChI=1S/C33H35NO6/c1-6-8-9-15-39-26-14-13-22(18-28(26)38-7-2)30-29-31(35)25-16-20(3)21(4)17-27(25)40-32(29)33(36)34(30)23-11-10-12-24(19-23)37-5/h10-14,16-19,30H,6-9,15H2,1-5H3. The van der Waals surface area contributed by atoms with E-state index in [-0.39, 0.29) is 17.1 Å². The van der Waals surface area contributed by atoms with Gasteiger partial charge in [0, 0.05) is 11.8 Å². The lowest BCUT2D eigenvalue weighted by atomic mass is 9.97. The molecule has 0 radical (unpaired) electrons. The number of benzene rings is 3. The van der Waals surface area contributed by atoms with E-state index < -0.39 is 6.04 Å². The molecule has 1 amide bonds. The van der Waals surface area contributed by atoms with Gasteiger partial charge in [0.2, 0.25) is 5.76 Å². The van der Waals surface area contributed by atoms with Gasteiger partial charge in [0.25, 0.3) is 5.91 Å². The maximum absolute atomic E-state index is 14.1. The van der Waals surface area contributed by atoms with Crippen LogP contribution in [0.3, 0.4) is 0 Å². The highest BCUT2D eigenvalue weighted by atomic mass is 16.5. The zero-order valence-corrected chi connectivity index (χ0v) is 23.7. The minimum atomic E-state index is -0.731. The van der Waals surface area contributed by atoms with Crippen molar-refractivity contribution in [3.8, 4) is 17.2 Å². The van der Waals surface area contributed by atoms with Crippen molar-refractivity contribution in [3.05, 3.63) is 92.8 Å². The van der Waals surface area contributed by atoms with Crippen molar-refractivity contribution in [2.45, 2.75) is 53.0 Å². The van der Waals surface area contributed by atoms with Crippen LogP contribution in [0.2, 0.25) is 0 Å². The molecule has 4 aromatic rings. The summed E-state index contributed by atoms with van der Waals surface area (Å²) in [5.74, 6) is 1.46. The third kappa shape index (κ3) is 4.92. The Balaban J connectivity index is 1.70. The highest BCUT2D eigenvalue weighted by molar-refractivity contribution is 6.10. The van der Waals surface area contributed by atoms with Crippen molar-refractivity contribution in [1.29, 1.82) is 0 Å². The first-order valence-electron chi connectivity index (χ1n) is 13.8. The van der Waals surface area contributed by atoms with E-state index in [1.807, 2.05) is 69.3 Å². The molecule has 5 rings (SSSR count). The zero-order valence-electron chi connectivity index (χ0n) is 23.7. The average molecular weight is 542 g/mol. The summed E-state index contributed by atoms with van der Waals surface area (Å²) in [7, 11) is 1.58. The summed E-state index contributed by atoms with van der Waals surface area (Å²) in [6.45, 7) is 9.01. The maximum atomic E-state index is 14.1. The van der Waals surface area contributed by atoms with Gasteiger partial charge in [0.15, 0.2) is 16.9 Å². The molecule has 0 N–H and O–H groups in total. The van der Waals surface area contributed by atoms with Crippen molar-refractivity contribution in [1.82, 2.24) is 0 Å². The third-order valence-electron chi connectivity index (χ3n) is 7.41. The first-order chi connectivity index (χ1) is 19.4. The summed E-state index contributed by atoms with van der Waals surface area (Å²) < 4.78 is 23.6. The number of anilines is 1. The molecule has 208 valence electrons. The van der Waals surface area contributed by atoms with E-state index in [4.69, 9.17) is 18.6 Å². The van der Waals surface area contributed by atoms with Gasteiger partial charge in [-0.15, -0.1) is 0 Å². The van der Waals surface area contributed by atoms with Crippen LogP contribution in [0.25, 0.3) is 11.0 Å². The van der Waals surface area contributed by atoms with Gasteiger partial charge in [-0.05, 0) is 80.3 Å². The van der Waals surface area contributed by atoms with Gasteiger partial charge in [-0.3, -0.25) is 14.5 Å². The molecule has 0 spiro atoms. The van der Waals surface area contributed by atoms with Gasteiger partial charge in [-0.1, -0.05) is 31.9 Å². The molecule has 2 heterocycles. The molecular weight excluding hydrogens is 506 g/mol. The lowest BCUT2D eigenvalue weighted by molar-refractivity contribution is 0.0971. The topological polar surface area (TPSA) is 78.2 Å². The molecule has 1 atom stereocenters. The summed E-state index contributed by atoms with van der Waals surface area (Å²) in [6, 6.07) is 15.8. The van der Waals surface area contributed by atoms with Crippen LogP contribution in [0.4, 0.5) is 5.69 Å². The molecule has 3 aromatic carbocycles. The second kappa shape index (κ2) is 11.5. The van der Waals surface area contributed by atoms with Crippen LogP contribution in [-0.2, 0) is 0 Å². The third-order valence-corrected chi connectivity index (χ3v) is 7.41. The highest BCUT2D eigenvalue weighted by Crippen LogP contribution is 2.44. The number of hydrogen-bond acceptors (Lipinski definition) is 6. The van der Waals surface area contributed by atoms with E-state index in [0.717, 1.165) is 36.0 Å². The average Bonchev–Trinajstić information content (AvgIpc) is 3.25. The first kappa shape index (κ1) is 27.3. The van der Waals surface area contributed by atoms with Gasteiger partial charge in [-0.2, -0.15) is 0 Å². The van der Waals surface area contributed by atoms with Crippen molar-refractivity contribution in [3.63, 3.8) is 0 Å². The molecule has 0 saturated carbocycles. The van der Waals surface area contributed by atoms with Gasteiger partial charge in [-0.25, -0.2) is 0 Å². The molecule has 0 saturated heterocycles. The predicted octanol–water partition coefficient (Wildman–Crippen LogP) is 7.14. The Hall–Kier alpha value is -4.26. The Morgan fingerprint density at radius 1 is 0.900 bits per heavy atom. The lowest BCUT2D eigenvalue weighted by Crippen LogP contribution is -2.29. The van der Waals surface area contributed by atoms with Crippen molar-refractivity contribution in [2.75, 3.05) is 25.2 Å². The van der Waals surface area contributed by atoms with Gasteiger partial charge in [0.05, 0.1) is 37.3 Å². The Kier molecular flexibility index (Phi) is 7.83. The van der Waals surface area contributed by atoms with Crippen molar-refractivity contribution >= 4 is 22.6 Å². The summed E-state index contributed by atoms with van der Waals surface area (Å²) >= 11 is 0.